The fourth-order valence-corrected chi connectivity index (χ4v) is 3.73. The number of nitrogens with zero attached hydrogens (tertiary/aromatic N) is 4. The molecule has 1 amide bonds. The molecule has 0 unspecified atom stereocenters. The topological polar surface area (TPSA) is 41.4 Å². The number of rotatable bonds is 5. The second kappa shape index (κ2) is 8.97. The molecule has 1 aliphatic rings. The molecule has 6 heteroatoms. The third-order valence-corrected chi connectivity index (χ3v) is 5.36. The number of para-hydroxylation sites is 1. The van der Waals surface area contributed by atoms with Crippen LogP contribution < -0.4 is 4.90 Å². The molecule has 29 heavy (non-hydrogen) atoms. The molecule has 0 atom stereocenters. The minimum absolute atomic E-state index is 0.0274. The average molecular weight is 407 g/mol. The van der Waals surface area contributed by atoms with Crippen molar-refractivity contribution in [1.29, 1.82) is 0 Å². The maximum absolute atomic E-state index is 12.5. The molecule has 0 aliphatic carbocycles. The van der Waals surface area contributed by atoms with Crippen LogP contribution in [0.15, 0.2) is 73.1 Å². The minimum Gasteiger partial charge on any atom is -0.367 e. The van der Waals surface area contributed by atoms with Crippen molar-refractivity contribution >= 4 is 29.3 Å². The Bertz CT molecular complexity index is 991. The van der Waals surface area contributed by atoms with Gasteiger partial charge in [-0.05, 0) is 23.8 Å². The van der Waals surface area contributed by atoms with Crippen LogP contribution in [0.2, 0.25) is 5.02 Å². The SMILES string of the molecule is O=C(/C=C/c1cnn(Cc2ccccc2)c1)N1CCN(c2ccccc2Cl)CC1. The van der Waals surface area contributed by atoms with Gasteiger partial charge in [0.1, 0.15) is 0 Å². The van der Waals surface area contributed by atoms with Crippen LogP contribution >= 0.6 is 11.6 Å². The van der Waals surface area contributed by atoms with Crippen molar-refractivity contribution in [2.24, 2.45) is 0 Å². The molecule has 1 saturated heterocycles. The first-order valence-corrected chi connectivity index (χ1v) is 10.1. The lowest BCUT2D eigenvalue weighted by atomic mass is 10.2. The van der Waals surface area contributed by atoms with Crippen molar-refractivity contribution in [3.63, 3.8) is 0 Å². The minimum atomic E-state index is 0.0274. The predicted octanol–water partition coefficient (Wildman–Crippen LogP) is 3.95. The Labute approximate surface area is 175 Å². The average Bonchev–Trinajstić information content (AvgIpc) is 3.20. The second-order valence-corrected chi connectivity index (χ2v) is 7.46. The van der Waals surface area contributed by atoms with Crippen molar-refractivity contribution in [2.75, 3.05) is 31.1 Å². The number of anilines is 1. The smallest absolute Gasteiger partial charge is 0.246 e. The molecule has 1 fully saturated rings. The van der Waals surface area contributed by atoms with E-state index in [1.54, 1.807) is 12.3 Å². The van der Waals surface area contributed by atoms with E-state index in [4.69, 9.17) is 11.6 Å². The lowest BCUT2D eigenvalue weighted by Crippen LogP contribution is -2.48. The van der Waals surface area contributed by atoms with E-state index in [0.717, 1.165) is 29.4 Å². The van der Waals surface area contributed by atoms with Gasteiger partial charge in [-0.25, -0.2) is 0 Å². The number of benzene rings is 2. The van der Waals surface area contributed by atoms with Gasteiger partial charge in [-0.15, -0.1) is 0 Å². The maximum Gasteiger partial charge on any atom is 0.246 e. The molecule has 0 spiro atoms. The number of halogens is 1. The molecule has 4 rings (SSSR count). The number of aromatic nitrogens is 2. The molecule has 148 valence electrons. The molecular weight excluding hydrogens is 384 g/mol. The quantitative estimate of drug-likeness (QED) is 0.602. The Morgan fingerprint density at radius 2 is 1.72 bits per heavy atom. The van der Waals surface area contributed by atoms with Gasteiger partial charge >= 0.3 is 0 Å². The van der Waals surface area contributed by atoms with E-state index in [-0.39, 0.29) is 5.91 Å². The van der Waals surface area contributed by atoms with Gasteiger partial charge < -0.3 is 9.80 Å². The molecular formula is C23H23ClN4O. The zero-order chi connectivity index (χ0) is 20.1. The lowest BCUT2D eigenvalue weighted by Gasteiger charge is -2.36. The third-order valence-electron chi connectivity index (χ3n) is 5.04. The van der Waals surface area contributed by atoms with Crippen LogP contribution in [0.5, 0.6) is 0 Å². The van der Waals surface area contributed by atoms with Crippen LogP contribution in [0.1, 0.15) is 11.1 Å². The number of hydrogen-bond acceptors (Lipinski definition) is 3. The van der Waals surface area contributed by atoms with E-state index < -0.39 is 0 Å². The van der Waals surface area contributed by atoms with Gasteiger partial charge in [0.05, 0.1) is 23.5 Å². The van der Waals surface area contributed by atoms with Crippen molar-refractivity contribution in [2.45, 2.75) is 6.54 Å². The summed E-state index contributed by atoms with van der Waals surface area (Å²) >= 11 is 6.29. The van der Waals surface area contributed by atoms with Gasteiger partial charge in [-0.1, -0.05) is 54.1 Å². The van der Waals surface area contributed by atoms with Crippen molar-refractivity contribution in [1.82, 2.24) is 14.7 Å². The number of carbonyl (C=O) groups is 1. The van der Waals surface area contributed by atoms with E-state index in [1.165, 1.54) is 5.56 Å². The first kappa shape index (κ1) is 19.3. The summed E-state index contributed by atoms with van der Waals surface area (Å²) < 4.78 is 1.88. The van der Waals surface area contributed by atoms with Gasteiger partial charge in [-0.2, -0.15) is 5.10 Å². The van der Waals surface area contributed by atoms with Gasteiger partial charge in [-0.3, -0.25) is 9.48 Å². The maximum atomic E-state index is 12.5. The van der Waals surface area contributed by atoms with E-state index in [1.807, 2.05) is 64.3 Å². The predicted molar refractivity (Wildman–Crippen MR) is 117 cm³/mol. The van der Waals surface area contributed by atoms with Crippen LogP contribution in [0.25, 0.3) is 6.08 Å². The van der Waals surface area contributed by atoms with Gasteiger partial charge in [0, 0.05) is 44.0 Å². The molecule has 5 nitrogen and oxygen atoms in total. The third kappa shape index (κ3) is 4.87. The van der Waals surface area contributed by atoms with Crippen LogP contribution in [-0.2, 0) is 11.3 Å². The highest BCUT2D eigenvalue weighted by Crippen LogP contribution is 2.26. The zero-order valence-corrected chi connectivity index (χ0v) is 16.9. The number of piperazine rings is 1. The summed E-state index contributed by atoms with van der Waals surface area (Å²) in [4.78, 5) is 16.6. The fourth-order valence-electron chi connectivity index (χ4n) is 3.47. The van der Waals surface area contributed by atoms with E-state index in [2.05, 4.69) is 22.1 Å². The van der Waals surface area contributed by atoms with Gasteiger partial charge in [0.25, 0.3) is 0 Å². The summed E-state index contributed by atoms with van der Waals surface area (Å²) in [7, 11) is 0. The van der Waals surface area contributed by atoms with Crippen molar-refractivity contribution in [3.8, 4) is 0 Å². The first-order chi connectivity index (χ1) is 14.2. The molecule has 2 heterocycles. The largest absolute Gasteiger partial charge is 0.367 e. The summed E-state index contributed by atoms with van der Waals surface area (Å²) in [5.41, 5.74) is 3.14. The molecule has 0 bridgehead atoms. The molecule has 0 radical (unpaired) electrons. The standard InChI is InChI=1S/C23H23ClN4O/c24-21-8-4-5-9-22(21)26-12-14-27(15-13-26)23(29)11-10-20-16-25-28(18-20)17-19-6-2-1-3-7-19/h1-11,16,18H,12-15,17H2/b11-10+. The molecule has 2 aromatic carbocycles. The Morgan fingerprint density at radius 1 is 1.00 bits per heavy atom. The first-order valence-electron chi connectivity index (χ1n) is 9.72. The Kier molecular flexibility index (Phi) is 5.96. The number of carbonyl (C=O) groups excluding carboxylic acids is 1. The summed E-state index contributed by atoms with van der Waals surface area (Å²) in [5.74, 6) is 0.0274. The summed E-state index contributed by atoms with van der Waals surface area (Å²) in [5, 5.41) is 5.12. The highest BCUT2D eigenvalue weighted by molar-refractivity contribution is 6.33. The highest BCUT2D eigenvalue weighted by Gasteiger charge is 2.20. The second-order valence-electron chi connectivity index (χ2n) is 7.05. The molecule has 1 aliphatic heterocycles. The van der Waals surface area contributed by atoms with Gasteiger partial charge in [0.15, 0.2) is 0 Å². The molecule has 3 aromatic rings. The van der Waals surface area contributed by atoms with Crippen LogP contribution in [-0.4, -0.2) is 46.8 Å². The Hall–Kier alpha value is -3.05. The van der Waals surface area contributed by atoms with E-state index in [9.17, 15) is 4.79 Å². The Balaban J connectivity index is 1.31. The van der Waals surface area contributed by atoms with Gasteiger partial charge in [0.2, 0.25) is 5.91 Å². The lowest BCUT2D eigenvalue weighted by molar-refractivity contribution is -0.126. The molecule has 0 saturated carbocycles. The normalized spacial score (nSPS) is 14.5. The van der Waals surface area contributed by atoms with E-state index in [0.29, 0.717) is 19.6 Å². The number of hydrogen-bond donors (Lipinski definition) is 0. The summed E-state index contributed by atoms with van der Waals surface area (Å²) in [6.07, 6.45) is 7.19. The highest BCUT2D eigenvalue weighted by atomic mass is 35.5. The molecule has 0 N–H and O–H groups in total. The zero-order valence-electron chi connectivity index (χ0n) is 16.1. The van der Waals surface area contributed by atoms with Crippen molar-refractivity contribution in [3.05, 3.63) is 89.2 Å². The Morgan fingerprint density at radius 3 is 2.48 bits per heavy atom. The van der Waals surface area contributed by atoms with Crippen LogP contribution in [0, 0.1) is 0 Å². The van der Waals surface area contributed by atoms with Crippen molar-refractivity contribution < 1.29 is 4.79 Å². The summed E-state index contributed by atoms with van der Waals surface area (Å²) in [6.45, 7) is 3.63. The molecule has 1 aromatic heterocycles. The van der Waals surface area contributed by atoms with Crippen LogP contribution in [0.3, 0.4) is 0 Å². The number of amides is 1. The van der Waals surface area contributed by atoms with E-state index >= 15 is 0 Å². The summed E-state index contributed by atoms with van der Waals surface area (Å²) in [6, 6.07) is 18.0. The monoisotopic (exact) mass is 406 g/mol. The van der Waals surface area contributed by atoms with Crippen LogP contribution in [0.4, 0.5) is 5.69 Å². The fraction of sp³-hybridized carbons (Fsp3) is 0.217.